The van der Waals surface area contributed by atoms with Gasteiger partial charge in [0.15, 0.2) is 45.5 Å². The molecule has 5 aromatic rings. The van der Waals surface area contributed by atoms with Crippen LogP contribution in [0.3, 0.4) is 0 Å². The smallest absolute Gasteiger partial charge is 0.255 e. The Labute approximate surface area is 801 Å². The van der Waals surface area contributed by atoms with Crippen LogP contribution in [0.25, 0.3) is 34.2 Å². The number of hydrogen-bond donors (Lipinski definition) is 20. The van der Waals surface area contributed by atoms with Crippen LogP contribution >= 0.6 is 27.5 Å². The number of primary amides is 4. The normalized spacial score (nSPS) is 28.3. The molecule has 0 spiro atoms. The van der Waals surface area contributed by atoms with Crippen LogP contribution in [0.15, 0.2) is 139 Å². The Morgan fingerprint density at radius 2 is 0.739 bits per heavy atom. The first kappa shape index (κ1) is 100. The molecule has 138 heavy (non-hydrogen) atoms. The Hall–Kier alpha value is -13.5. The van der Waals surface area contributed by atoms with Crippen molar-refractivity contribution in [1.29, 1.82) is 0 Å². The van der Waals surface area contributed by atoms with Gasteiger partial charge in [0, 0.05) is 80.8 Å². The van der Waals surface area contributed by atoms with Crippen molar-refractivity contribution in [3.8, 4) is 52.2 Å². The number of aromatic hydroxyl groups is 4. The number of carbonyl (C=O) groups excluding carboxylic acids is 12. The molecule has 728 valence electrons. The Morgan fingerprint density at radius 3 is 1.07 bits per heavy atom. The fraction of sp³-hybridized carbons (Fsp3) is 0.388. The number of benzene rings is 5. The maximum atomic E-state index is 13.9. The van der Waals surface area contributed by atoms with Crippen LogP contribution in [0.2, 0.25) is 5.02 Å². The van der Waals surface area contributed by atoms with Crippen molar-refractivity contribution in [2.45, 2.75) is 118 Å². The standard InChI is InChI=1S/C27H25ClN2O7.C25H27N3O7.C25H30N2O8.C21H21BrN2O7/c1-30(2)21-16-10-12-9-15-14(11-3-5-13(28)6-4-11)7-8-17(31)19(15)22(32)18(12)24(34)27(16,37)25(35)20(23(21)33)26(29)36;1-6-10-9-14(27(2)3)12-7-11-8-13-18(28(4)5)21(31)17(24(26)34)23(33)25(13,35)22(32)15(11)20(30)16(12)19(10)29;1-4-5-8-35-15-7-6-14(28)17-12(15)9-11-10-13-19(27(2)3)21(30)18(24(26)33)23(32)25(13,34)22(31)16(11)20(17)29;1-24(2)15-9-6-7-5-8-10(22)3-4-11(25)13(8)16(26)12(7)18(28)21(9,31)19(29)14(17(15)27)20(23)30/h3-8,12,16,21,31-32,35,37H,9-10H2,1-2H3,(H2,29,36);1,9,11,13,18,29-30,33,35H,7-8H2,2-5H3,(H2,26,34);6-7,11,13,19,28-29,32,34H,4-5,8-10H2,1-3H3,(H2,26,33);3-4,7,9,15,25-26,29,31H,5-6H2,1-2H3,(H2,23,30)/t12-,16-,21-,27-;11-,13-,18-,25-;11-,13-,19-,25-;7-,9-,15-,21-/m0000/s1. The van der Waals surface area contributed by atoms with Crippen molar-refractivity contribution in [2.75, 3.05) is 82.0 Å². The molecule has 24 N–H and O–H groups in total. The lowest BCUT2D eigenvalue weighted by atomic mass is 9.57. The minimum atomic E-state index is -2.67. The highest BCUT2D eigenvalue weighted by Crippen LogP contribution is 2.60. The maximum Gasteiger partial charge on any atom is 0.255 e. The van der Waals surface area contributed by atoms with E-state index in [1.165, 1.54) is 37.8 Å². The number of likely N-dealkylation sites (N-methyl/N-ethyl adjacent to an activating group) is 4. The number of hydrogen-bond acceptors (Lipinski definition) is 34. The van der Waals surface area contributed by atoms with Gasteiger partial charge in [-0.05, 0) is 214 Å². The Kier molecular flexibility index (Phi) is 26.3. The van der Waals surface area contributed by atoms with Gasteiger partial charge in [-0.25, -0.2) is 0 Å². The number of halogens is 2. The summed E-state index contributed by atoms with van der Waals surface area (Å²) in [7, 11) is 16.0. The van der Waals surface area contributed by atoms with Crippen molar-refractivity contribution in [3.63, 3.8) is 0 Å². The number of aliphatic hydroxyl groups excluding tert-OH is 8. The third-order valence-corrected chi connectivity index (χ3v) is 30.0. The number of terminal acetylenes is 1. The van der Waals surface area contributed by atoms with E-state index in [1.807, 2.05) is 6.92 Å². The molecular weight excluding hydrogens is 1880 g/mol. The zero-order chi connectivity index (χ0) is 102. The Bertz CT molecular complexity index is 6610. The molecule has 5 aromatic carbocycles. The number of anilines is 1. The molecule has 0 aliphatic heterocycles. The van der Waals surface area contributed by atoms with Crippen molar-refractivity contribution in [2.24, 2.45) is 70.3 Å². The molecule has 4 amide bonds. The van der Waals surface area contributed by atoms with Crippen LogP contribution < -0.4 is 32.6 Å². The quantitative estimate of drug-likeness (QED) is 0.0421. The number of ether oxygens (including phenoxy) is 1. The van der Waals surface area contributed by atoms with Gasteiger partial charge in [-0.2, -0.15) is 0 Å². The molecule has 0 saturated heterocycles. The van der Waals surface area contributed by atoms with E-state index in [2.05, 4.69) is 21.9 Å². The van der Waals surface area contributed by atoms with Crippen molar-refractivity contribution in [3.05, 3.63) is 194 Å². The number of Topliss-reactive ketones (excluding diaryl/α,β-unsaturated/α-hetero) is 8. The fourth-order valence-corrected chi connectivity index (χ4v) is 23.4. The number of ketones is 8. The highest BCUT2D eigenvalue weighted by Gasteiger charge is 2.70. The topological polar surface area (TPSA) is 658 Å². The summed E-state index contributed by atoms with van der Waals surface area (Å²) in [6.45, 7) is 2.45. The molecule has 0 aromatic heterocycles. The summed E-state index contributed by atoms with van der Waals surface area (Å²) in [6, 6.07) is 13.2. The number of unbranched alkanes of at least 4 members (excludes halogenated alkanes) is 1. The van der Waals surface area contributed by atoms with Crippen LogP contribution in [-0.2, 0) is 83.2 Å². The van der Waals surface area contributed by atoms with Gasteiger partial charge >= 0.3 is 0 Å². The van der Waals surface area contributed by atoms with Gasteiger partial charge < -0.3 is 114 Å². The highest BCUT2D eigenvalue weighted by molar-refractivity contribution is 9.10. The zero-order valence-electron chi connectivity index (χ0n) is 76.4. The second-order valence-electron chi connectivity index (χ2n) is 37.6. The summed E-state index contributed by atoms with van der Waals surface area (Å²) >= 11 is 9.43. The van der Waals surface area contributed by atoms with E-state index in [1.54, 1.807) is 124 Å². The summed E-state index contributed by atoms with van der Waals surface area (Å²) in [5.41, 5.74) is 11.1. The predicted molar refractivity (Wildman–Crippen MR) is 498 cm³/mol. The average molecular weight is 1990 g/mol. The molecule has 17 rings (SSSR count). The zero-order valence-corrected chi connectivity index (χ0v) is 78.7. The average Bonchev–Trinajstić information content (AvgIpc) is 0.714. The first-order chi connectivity index (χ1) is 64.6. The number of phenols is 4. The number of amides is 4. The number of aliphatic hydroxyl groups is 12. The third-order valence-electron chi connectivity index (χ3n) is 29.0. The number of nitrogens with two attached hydrogens (primary N) is 4. The van der Waals surface area contributed by atoms with E-state index >= 15 is 0 Å². The molecule has 12 aliphatic carbocycles. The molecule has 40 heteroatoms. The first-order valence-corrected chi connectivity index (χ1v) is 44.9. The van der Waals surface area contributed by atoms with Gasteiger partial charge in [0.05, 0.1) is 58.6 Å². The van der Waals surface area contributed by atoms with E-state index in [9.17, 15) is 139 Å². The number of rotatable bonds is 14. The predicted octanol–water partition coefficient (Wildman–Crippen LogP) is 4.17. The minimum absolute atomic E-state index is 0.0234. The second-order valence-corrected chi connectivity index (χ2v) is 38.9. The van der Waals surface area contributed by atoms with Crippen molar-refractivity contribution >= 4 is 126 Å². The molecule has 0 radical (unpaired) electrons. The molecule has 0 unspecified atom stereocenters. The second kappa shape index (κ2) is 36.1. The monoisotopic (exact) mass is 1980 g/mol. The van der Waals surface area contributed by atoms with E-state index in [0.29, 0.717) is 55.4 Å². The molecule has 12 aliphatic rings. The lowest BCUT2D eigenvalue weighted by Crippen LogP contribution is -2.65. The van der Waals surface area contributed by atoms with Crippen molar-refractivity contribution < 1.29 is 144 Å². The van der Waals surface area contributed by atoms with E-state index < -0.39 is 232 Å². The molecule has 0 heterocycles. The number of carbonyl (C=O) groups is 12. The third kappa shape index (κ3) is 15.1. The van der Waals surface area contributed by atoms with Crippen LogP contribution in [0.1, 0.15) is 95.5 Å². The SMILES string of the molecule is C#Cc1cc(N(C)C)c2c(c1O)C(O)=C1C(=O)[C@]3(O)C(O)=C(C(N)=O)C(=O)[C@@H](N(C)C)[C@@H]3C[C@@H]1C2.CCCCOc1ccc(O)c2c1C[C@H]1C[C@H]3[C@H](N(C)C)C(=O)C(C(N)=O)=C(O)[C@@]3(O)C(=O)C1=C2O.CN(C)[C@@H]1C(=O)C(C(N)=O)=C(O)[C@@]2(O)C(=O)C3=C(O)c4c(O)ccc(-c5ccc(Cl)cc5)c4C[C@H]3C[C@@H]12.CN(C)[C@@H]1C(=O)C(C(N)=O)=C(O)[C@@]2(O)C(=O)C3=C(O)c4c(O)ccc(Br)c4C[C@H]3C[C@@H]12. The van der Waals surface area contributed by atoms with Crippen molar-refractivity contribution in [1.82, 2.24) is 19.6 Å². The summed E-state index contributed by atoms with van der Waals surface area (Å²) in [5.74, 6) is -24.2. The number of phenolic OH excluding ortho intramolecular Hbond substituents is 4. The van der Waals surface area contributed by atoms with Crippen LogP contribution in [-0.4, -0.2) is 295 Å². The van der Waals surface area contributed by atoms with E-state index in [4.69, 9.17) is 45.7 Å². The minimum Gasteiger partial charge on any atom is -0.508 e. The van der Waals surface area contributed by atoms with Crippen LogP contribution in [0.5, 0.6) is 28.7 Å². The van der Waals surface area contributed by atoms with Gasteiger partial charge in [-0.3, -0.25) is 77.1 Å². The Balaban J connectivity index is 0.000000147. The summed E-state index contributed by atoms with van der Waals surface area (Å²) in [5, 5.41) is 177. The molecular formula is C98H103BrClN9O29. The van der Waals surface area contributed by atoms with Gasteiger partial charge in [0.25, 0.3) is 23.6 Å². The summed E-state index contributed by atoms with van der Waals surface area (Å²) in [6.07, 6.45) is 8.26. The highest BCUT2D eigenvalue weighted by atomic mass is 79.9. The lowest BCUT2D eigenvalue weighted by molar-refractivity contribution is -0.155. The molecule has 38 nitrogen and oxygen atoms in total. The lowest BCUT2D eigenvalue weighted by Gasteiger charge is -2.50. The van der Waals surface area contributed by atoms with Crippen LogP contribution in [0.4, 0.5) is 5.69 Å². The van der Waals surface area contributed by atoms with Crippen LogP contribution in [0, 0.1) is 59.7 Å². The molecule has 16 atom stereocenters. The fourth-order valence-electron chi connectivity index (χ4n) is 22.8. The molecule has 4 saturated carbocycles. The number of nitrogens with zero attached hydrogens (tertiary/aromatic N) is 5. The molecule has 4 fully saturated rings. The summed E-state index contributed by atoms with van der Waals surface area (Å²) < 4.78 is 6.50. The van der Waals surface area contributed by atoms with E-state index in [-0.39, 0.29) is 124 Å². The maximum absolute atomic E-state index is 13.9. The summed E-state index contributed by atoms with van der Waals surface area (Å²) in [4.78, 5) is 163. The van der Waals surface area contributed by atoms with Gasteiger partial charge in [0.1, 0.15) is 97.1 Å². The molecule has 0 bridgehead atoms. The van der Waals surface area contributed by atoms with E-state index in [0.717, 1.165) is 18.4 Å². The Morgan fingerprint density at radius 1 is 0.435 bits per heavy atom. The van der Waals surface area contributed by atoms with Gasteiger partial charge in [0.2, 0.25) is 23.1 Å². The largest absolute Gasteiger partial charge is 0.508 e. The van der Waals surface area contributed by atoms with Gasteiger partial charge in [-0.15, -0.1) is 6.42 Å². The first-order valence-electron chi connectivity index (χ1n) is 43.8. The number of fused-ring (bicyclic) bond motifs is 12. The van der Waals surface area contributed by atoms with Gasteiger partial charge in [-0.1, -0.05) is 65.0 Å².